The first-order valence-corrected chi connectivity index (χ1v) is 5.51. The Morgan fingerprint density at radius 3 is 2.65 bits per heavy atom. The smallest absolute Gasteiger partial charge is 0.418 e. The van der Waals surface area contributed by atoms with Crippen LogP contribution in [0.15, 0.2) is 30.3 Å². The lowest BCUT2D eigenvalue weighted by atomic mass is 10.2. The summed E-state index contributed by atoms with van der Waals surface area (Å²) in [6.45, 7) is 3.36. The summed E-state index contributed by atoms with van der Waals surface area (Å²) in [5, 5.41) is 0. The maximum atomic E-state index is 11.6. The van der Waals surface area contributed by atoms with Gasteiger partial charge in [-0.15, -0.1) is 0 Å². The van der Waals surface area contributed by atoms with E-state index in [0.717, 1.165) is 12.0 Å². The van der Waals surface area contributed by atoms with E-state index in [2.05, 4.69) is 4.74 Å². The summed E-state index contributed by atoms with van der Waals surface area (Å²) in [7, 11) is 0. The van der Waals surface area contributed by atoms with Gasteiger partial charge >= 0.3 is 12.4 Å². The highest BCUT2D eigenvalue weighted by molar-refractivity contribution is 5.75. The molecule has 0 spiro atoms. The number of carbonyl (C=O) groups is 1. The molecule has 1 rings (SSSR count). The first-order chi connectivity index (χ1) is 8.27. The Hall–Kier alpha value is -1.84. The second kappa shape index (κ2) is 7.44. The highest BCUT2D eigenvalue weighted by Gasteiger charge is 2.20. The standard InChI is InChI=1S/C13H15O4/c1-2-6-12(17-10-14)13(15)16-9-11-7-4-3-5-8-11/h3-5,7-8,12H,2,6,9H2,1H3. The number of hydrogen-bond donors (Lipinski definition) is 0. The SMILES string of the molecule is CCCC(O[C]=O)C(=O)OCc1ccccc1. The zero-order valence-electron chi connectivity index (χ0n) is 9.72. The topological polar surface area (TPSA) is 52.6 Å². The Morgan fingerprint density at radius 1 is 1.35 bits per heavy atom. The van der Waals surface area contributed by atoms with Crippen LogP contribution < -0.4 is 0 Å². The van der Waals surface area contributed by atoms with E-state index in [1.807, 2.05) is 37.3 Å². The third-order valence-electron chi connectivity index (χ3n) is 2.23. The quantitative estimate of drug-likeness (QED) is 0.678. The molecular formula is C13H15O4. The molecule has 4 heteroatoms. The van der Waals surface area contributed by atoms with Crippen LogP contribution in [0.3, 0.4) is 0 Å². The fourth-order valence-electron chi connectivity index (χ4n) is 1.37. The van der Waals surface area contributed by atoms with Crippen molar-refractivity contribution in [1.82, 2.24) is 0 Å². The summed E-state index contributed by atoms with van der Waals surface area (Å²) in [6, 6.07) is 9.32. The third-order valence-corrected chi connectivity index (χ3v) is 2.23. The minimum atomic E-state index is -0.846. The summed E-state index contributed by atoms with van der Waals surface area (Å²) >= 11 is 0. The van der Waals surface area contributed by atoms with Gasteiger partial charge in [-0.2, -0.15) is 0 Å². The van der Waals surface area contributed by atoms with Gasteiger partial charge in [-0.05, 0) is 12.0 Å². The molecule has 1 aromatic carbocycles. The molecule has 0 bridgehead atoms. The van der Waals surface area contributed by atoms with Crippen LogP contribution in [0.4, 0.5) is 0 Å². The van der Waals surface area contributed by atoms with Crippen molar-refractivity contribution in [2.24, 2.45) is 0 Å². The van der Waals surface area contributed by atoms with Crippen molar-refractivity contribution in [1.29, 1.82) is 0 Å². The van der Waals surface area contributed by atoms with Crippen molar-refractivity contribution in [3.8, 4) is 0 Å². The summed E-state index contributed by atoms with van der Waals surface area (Å²) in [5.74, 6) is -0.529. The van der Waals surface area contributed by atoms with E-state index >= 15 is 0 Å². The molecule has 91 valence electrons. The molecule has 0 N–H and O–H groups in total. The zero-order valence-corrected chi connectivity index (χ0v) is 9.72. The summed E-state index contributed by atoms with van der Waals surface area (Å²) < 4.78 is 9.60. The highest BCUT2D eigenvalue weighted by atomic mass is 16.6. The molecule has 1 radical (unpaired) electrons. The molecular weight excluding hydrogens is 220 g/mol. The Kier molecular flexibility index (Phi) is 5.79. The molecule has 0 aromatic heterocycles. The van der Waals surface area contributed by atoms with Gasteiger partial charge in [-0.1, -0.05) is 43.7 Å². The average Bonchev–Trinajstić information content (AvgIpc) is 2.37. The predicted octanol–water partition coefficient (Wildman–Crippen LogP) is 1.98. The lowest BCUT2D eigenvalue weighted by Crippen LogP contribution is -2.26. The highest BCUT2D eigenvalue weighted by Crippen LogP contribution is 2.07. The van der Waals surface area contributed by atoms with E-state index in [1.165, 1.54) is 6.47 Å². The number of hydrogen-bond acceptors (Lipinski definition) is 4. The Bertz CT molecular complexity index is 348. The van der Waals surface area contributed by atoms with Gasteiger partial charge < -0.3 is 9.47 Å². The minimum Gasteiger partial charge on any atom is -0.458 e. The second-order valence-electron chi connectivity index (χ2n) is 3.57. The molecule has 1 aromatic rings. The van der Waals surface area contributed by atoms with E-state index < -0.39 is 12.1 Å². The molecule has 1 unspecified atom stereocenters. The largest absolute Gasteiger partial charge is 0.458 e. The first-order valence-electron chi connectivity index (χ1n) is 5.51. The van der Waals surface area contributed by atoms with Gasteiger partial charge in [0.15, 0.2) is 6.10 Å². The number of carbonyl (C=O) groups excluding carboxylic acids is 2. The van der Waals surface area contributed by atoms with Gasteiger partial charge in [-0.25, -0.2) is 9.59 Å². The van der Waals surface area contributed by atoms with Gasteiger partial charge in [0, 0.05) is 0 Å². The summed E-state index contributed by atoms with van der Waals surface area (Å²) in [5.41, 5.74) is 0.895. The lowest BCUT2D eigenvalue weighted by Gasteiger charge is -2.12. The molecule has 1 atom stereocenters. The molecule has 0 amide bonds. The van der Waals surface area contributed by atoms with Crippen LogP contribution in [-0.4, -0.2) is 18.5 Å². The molecule has 0 aliphatic heterocycles. The van der Waals surface area contributed by atoms with E-state index in [-0.39, 0.29) is 6.61 Å². The second-order valence-corrected chi connectivity index (χ2v) is 3.57. The number of ether oxygens (including phenoxy) is 2. The first kappa shape index (κ1) is 13.2. The predicted molar refractivity (Wildman–Crippen MR) is 61.7 cm³/mol. The van der Waals surface area contributed by atoms with Crippen LogP contribution in [-0.2, 0) is 25.7 Å². The van der Waals surface area contributed by atoms with Crippen molar-refractivity contribution < 1.29 is 19.1 Å². The van der Waals surface area contributed by atoms with Gasteiger partial charge in [0.05, 0.1) is 0 Å². The third kappa shape index (κ3) is 4.68. The van der Waals surface area contributed by atoms with Gasteiger partial charge in [0.25, 0.3) is 0 Å². The molecule has 17 heavy (non-hydrogen) atoms. The van der Waals surface area contributed by atoms with Crippen molar-refractivity contribution >= 4 is 12.4 Å². The molecule has 0 aliphatic rings. The Morgan fingerprint density at radius 2 is 2.06 bits per heavy atom. The number of rotatable bonds is 7. The monoisotopic (exact) mass is 235 g/mol. The maximum Gasteiger partial charge on any atom is 0.418 e. The fraction of sp³-hybridized carbons (Fsp3) is 0.385. The maximum absolute atomic E-state index is 11.6. The Labute approximate surface area is 101 Å². The molecule has 0 saturated heterocycles. The Balaban J connectivity index is 2.44. The van der Waals surface area contributed by atoms with Crippen molar-refractivity contribution in [3.05, 3.63) is 35.9 Å². The zero-order chi connectivity index (χ0) is 12.5. The van der Waals surface area contributed by atoms with Crippen LogP contribution >= 0.6 is 0 Å². The number of benzene rings is 1. The van der Waals surface area contributed by atoms with E-state index in [4.69, 9.17) is 4.74 Å². The van der Waals surface area contributed by atoms with E-state index in [0.29, 0.717) is 6.42 Å². The molecule has 0 heterocycles. The normalized spacial score (nSPS) is 11.6. The van der Waals surface area contributed by atoms with Crippen LogP contribution in [0, 0.1) is 0 Å². The van der Waals surface area contributed by atoms with Crippen molar-refractivity contribution in [3.63, 3.8) is 0 Å². The molecule has 0 aliphatic carbocycles. The summed E-state index contributed by atoms with van der Waals surface area (Å²) in [4.78, 5) is 21.7. The summed E-state index contributed by atoms with van der Waals surface area (Å²) in [6.07, 6.45) is 0.330. The lowest BCUT2D eigenvalue weighted by molar-refractivity contribution is -0.154. The van der Waals surface area contributed by atoms with Gasteiger partial charge in [0.2, 0.25) is 0 Å². The van der Waals surface area contributed by atoms with E-state index in [9.17, 15) is 9.59 Å². The van der Waals surface area contributed by atoms with Gasteiger partial charge in [0.1, 0.15) is 6.61 Å². The van der Waals surface area contributed by atoms with Crippen molar-refractivity contribution in [2.45, 2.75) is 32.5 Å². The van der Waals surface area contributed by atoms with Crippen LogP contribution in [0.2, 0.25) is 0 Å². The minimum absolute atomic E-state index is 0.183. The van der Waals surface area contributed by atoms with E-state index in [1.54, 1.807) is 0 Å². The number of esters is 1. The average molecular weight is 235 g/mol. The molecule has 0 fully saturated rings. The van der Waals surface area contributed by atoms with Crippen LogP contribution in [0.5, 0.6) is 0 Å². The fourth-order valence-corrected chi connectivity index (χ4v) is 1.37. The van der Waals surface area contributed by atoms with Gasteiger partial charge in [-0.3, -0.25) is 0 Å². The van der Waals surface area contributed by atoms with Crippen LogP contribution in [0.1, 0.15) is 25.3 Å². The van der Waals surface area contributed by atoms with Crippen molar-refractivity contribution in [2.75, 3.05) is 0 Å². The van der Waals surface area contributed by atoms with Crippen LogP contribution in [0.25, 0.3) is 0 Å². The molecule has 0 saturated carbocycles. The molecule has 4 nitrogen and oxygen atoms in total.